The lowest BCUT2D eigenvalue weighted by Gasteiger charge is -2.23. The Morgan fingerprint density at radius 1 is 1.53 bits per heavy atom. The molecule has 0 saturated carbocycles. The van der Waals surface area contributed by atoms with Gasteiger partial charge in [-0.25, -0.2) is 4.39 Å². The molecule has 1 aliphatic heterocycles. The number of hydrogen-bond donors (Lipinski definition) is 1. The first-order chi connectivity index (χ1) is 8.27. The molecule has 17 heavy (non-hydrogen) atoms. The summed E-state index contributed by atoms with van der Waals surface area (Å²) in [5.41, 5.74) is 0.329. The van der Waals surface area contributed by atoms with Crippen LogP contribution >= 0.6 is 0 Å². The zero-order valence-electron chi connectivity index (χ0n) is 9.81. The van der Waals surface area contributed by atoms with Crippen molar-refractivity contribution in [2.75, 3.05) is 6.61 Å². The molecule has 0 spiro atoms. The van der Waals surface area contributed by atoms with Crippen molar-refractivity contribution in [3.63, 3.8) is 0 Å². The first-order valence-electron chi connectivity index (χ1n) is 6.16. The van der Waals surface area contributed by atoms with Crippen molar-refractivity contribution in [2.45, 2.75) is 44.3 Å². The van der Waals surface area contributed by atoms with Gasteiger partial charge in [0, 0.05) is 18.4 Å². The average Bonchev–Trinajstić information content (AvgIpc) is 2.38. The van der Waals surface area contributed by atoms with E-state index in [9.17, 15) is 9.50 Å². The zero-order valence-corrected chi connectivity index (χ0v) is 9.81. The summed E-state index contributed by atoms with van der Waals surface area (Å²) in [5, 5.41) is 9.91. The molecule has 0 aromatic carbocycles. The van der Waals surface area contributed by atoms with E-state index in [2.05, 4.69) is 4.98 Å². The van der Waals surface area contributed by atoms with Crippen LogP contribution in [0.1, 0.15) is 43.8 Å². The van der Waals surface area contributed by atoms with Crippen molar-refractivity contribution in [3.05, 3.63) is 29.8 Å². The summed E-state index contributed by atoms with van der Waals surface area (Å²) in [6.07, 6.45) is 6.77. The summed E-state index contributed by atoms with van der Waals surface area (Å²) in [6.45, 7) is 0.810. The smallest absolute Gasteiger partial charge is 0.147 e. The number of rotatable bonds is 4. The van der Waals surface area contributed by atoms with E-state index in [-0.39, 0.29) is 6.10 Å². The van der Waals surface area contributed by atoms with Gasteiger partial charge < -0.3 is 9.84 Å². The summed E-state index contributed by atoms with van der Waals surface area (Å²) < 4.78 is 18.9. The van der Waals surface area contributed by atoms with Gasteiger partial charge in [-0.1, -0.05) is 0 Å². The summed E-state index contributed by atoms with van der Waals surface area (Å²) in [6, 6.07) is 1.53. The first kappa shape index (κ1) is 12.5. The van der Waals surface area contributed by atoms with Crippen LogP contribution in [0.15, 0.2) is 18.5 Å². The molecule has 0 amide bonds. The van der Waals surface area contributed by atoms with Gasteiger partial charge in [0.2, 0.25) is 0 Å². The molecule has 94 valence electrons. The van der Waals surface area contributed by atoms with Gasteiger partial charge in [-0.15, -0.1) is 0 Å². The fourth-order valence-electron chi connectivity index (χ4n) is 2.19. The Labute approximate surface area is 101 Å². The molecule has 2 rings (SSSR count). The molecule has 1 aromatic heterocycles. The monoisotopic (exact) mass is 239 g/mol. The standard InChI is InChI=1S/C13H18FNO2/c14-12-9-15-7-6-11(12)13(16)5-4-10-3-1-2-8-17-10/h6-7,9-10,13,16H,1-5,8H2. The predicted octanol–water partition coefficient (Wildman–Crippen LogP) is 2.60. The number of hydrogen-bond acceptors (Lipinski definition) is 3. The van der Waals surface area contributed by atoms with Crippen LogP contribution in [0, 0.1) is 5.82 Å². The normalized spacial score (nSPS) is 22.4. The molecule has 3 nitrogen and oxygen atoms in total. The van der Waals surface area contributed by atoms with Crippen LogP contribution in [-0.2, 0) is 4.74 Å². The SMILES string of the molecule is OC(CCC1CCCCO1)c1ccncc1F. The second kappa shape index (κ2) is 6.07. The van der Waals surface area contributed by atoms with Crippen molar-refractivity contribution in [1.29, 1.82) is 0 Å². The fourth-order valence-corrected chi connectivity index (χ4v) is 2.19. The van der Waals surface area contributed by atoms with E-state index in [0.717, 1.165) is 32.1 Å². The van der Waals surface area contributed by atoms with E-state index in [0.29, 0.717) is 12.0 Å². The maximum Gasteiger partial charge on any atom is 0.147 e. The van der Waals surface area contributed by atoms with Crippen molar-refractivity contribution in [3.8, 4) is 0 Å². The van der Waals surface area contributed by atoms with Crippen molar-refractivity contribution >= 4 is 0 Å². The van der Waals surface area contributed by atoms with E-state index in [1.807, 2.05) is 0 Å². The highest BCUT2D eigenvalue weighted by Gasteiger charge is 2.18. The van der Waals surface area contributed by atoms with Gasteiger partial charge in [0.25, 0.3) is 0 Å². The number of nitrogens with zero attached hydrogens (tertiary/aromatic N) is 1. The van der Waals surface area contributed by atoms with Crippen molar-refractivity contribution in [1.82, 2.24) is 4.98 Å². The van der Waals surface area contributed by atoms with E-state index in [1.165, 1.54) is 18.7 Å². The lowest BCUT2D eigenvalue weighted by Crippen LogP contribution is -2.19. The van der Waals surface area contributed by atoms with Gasteiger partial charge in [-0.05, 0) is 38.2 Å². The molecule has 2 heterocycles. The molecule has 4 heteroatoms. The van der Waals surface area contributed by atoms with Gasteiger partial charge in [0.1, 0.15) is 5.82 Å². The topological polar surface area (TPSA) is 42.4 Å². The number of pyridine rings is 1. The van der Waals surface area contributed by atoms with Crippen LogP contribution in [0.2, 0.25) is 0 Å². The summed E-state index contributed by atoms with van der Waals surface area (Å²) >= 11 is 0. The third-order valence-electron chi connectivity index (χ3n) is 3.20. The van der Waals surface area contributed by atoms with Gasteiger partial charge in [-0.3, -0.25) is 4.98 Å². The predicted molar refractivity (Wildman–Crippen MR) is 62.0 cm³/mol. The van der Waals surface area contributed by atoms with Gasteiger partial charge in [-0.2, -0.15) is 0 Å². The number of halogens is 1. The van der Waals surface area contributed by atoms with Crippen LogP contribution in [0.25, 0.3) is 0 Å². The molecule has 1 saturated heterocycles. The molecule has 1 N–H and O–H groups in total. The van der Waals surface area contributed by atoms with E-state index in [4.69, 9.17) is 4.74 Å². The Morgan fingerprint density at radius 2 is 2.41 bits per heavy atom. The molecule has 0 aliphatic carbocycles. The molecular weight excluding hydrogens is 221 g/mol. The highest BCUT2D eigenvalue weighted by atomic mass is 19.1. The van der Waals surface area contributed by atoms with Crippen molar-refractivity contribution in [2.24, 2.45) is 0 Å². The number of aromatic nitrogens is 1. The Kier molecular flexibility index (Phi) is 4.45. The lowest BCUT2D eigenvalue weighted by molar-refractivity contribution is 0.00189. The summed E-state index contributed by atoms with van der Waals surface area (Å²) in [7, 11) is 0. The highest BCUT2D eigenvalue weighted by Crippen LogP contribution is 2.24. The summed E-state index contributed by atoms with van der Waals surface area (Å²) in [4.78, 5) is 3.67. The Balaban J connectivity index is 1.84. The van der Waals surface area contributed by atoms with Crippen LogP contribution in [-0.4, -0.2) is 22.8 Å². The number of aliphatic hydroxyl groups excluding tert-OH is 1. The minimum atomic E-state index is -0.761. The quantitative estimate of drug-likeness (QED) is 0.878. The van der Waals surface area contributed by atoms with Crippen molar-refractivity contribution < 1.29 is 14.2 Å². The molecule has 1 fully saturated rings. The van der Waals surface area contributed by atoms with Crippen LogP contribution in [0.5, 0.6) is 0 Å². The number of ether oxygens (including phenoxy) is 1. The van der Waals surface area contributed by atoms with E-state index in [1.54, 1.807) is 0 Å². The second-order valence-corrected chi connectivity index (χ2v) is 4.48. The fraction of sp³-hybridized carbons (Fsp3) is 0.615. The summed E-state index contributed by atoms with van der Waals surface area (Å²) in [5.74, 6) is -0.440. The second-order valence-electron chi connectivity index (χ2n) is 4.48. The molecule has 0 radical (unpaired) electrons. The van der Waals surface area contributed by atoms with Gasteiger partial charge in [0.15, 0.2) is 0 Å². The maximum atomic E-state index is 13.4. The Hall–Kier alpha value is -1.00. The van der Waals surface area contributed by atoms with Crippen LogP contribution < -0.4 is 0 Å². The zero-order chi connectivity index (χ0) is 12.1. The lowest BCUT2D eigenvalue weighted by atomic mass is 9.99. The van der Waals surface area contributed by atoms with E-state index < -0.39 is 11.9 Å². The third-order valence-corrected chi connectivity index (χ3v) is 3.20. The van der Waals surface area contributed by atoms with Crippen LogP contribution in [0.3, 0.4) is 0 Å². The minimum absolute atomic E-state index is 0.225. The first-order valence-corrected chi connectivity index (χ1v) is 6.16. The van der Waals surface area contributed by atoms with Crippen LogP contribution in [0.4, 0.5) is 4.39 Å². The minimum Gasteiger partial charge on any atom is -0.388 e. The van der Waals surface area contributed by atoms with E-state index >= 15 is 0 Å². The van der Waals surface area contributed by atoms with Gasteiger partial charge >= 0.3 is 0 Å². The Morgan fingerprint density at radius 3 is 3.12 bits per heavy atom. The maximum absolute atomic E-state index is 13.4. The third kappa shape index (κ3) is 3.48. The van der Waals surface area contributed by atoms with Gasteiger partial charge in [0.05, 0.1) is 18.4 Å². The molecule has 2 atom stereocenters. The number of aliphatic hydroxyl groups is 1. The largest absolute Gasteiger partial charge is 0.388 e. The Bertz CT molecular complexity index is 353. The average molecular weight is 239 g/mol. The molecule has 0 bridgehead atoms. The highest BCUT2D eigenvalue weighted by molar-refractivity contribution is 5.15. The molecule has 2 unspecified atom stereocenters. The molecule has 1 aliphatic rings. The molecule has 1 aromatic rings. The molecular formula is C13H18FNO2.